The molecule has 0 aromatic carbocycles. The van der Waals surface area contributed by atoms with E-state index in [2.05, 4.69) is 19.0 Å². The highest BCUT2D eigenvalue weighted by Crippen LogP contribution is 1.90. The summed E-state index contributed by atoms with van der Waals surface area (Å²) in [5.41, 5.74) is 0. The molecule has 0 amide bonds. The molecule has 11 heavy (non-hydrogen) atoms. The summed E-state index contributed by atoms with van der Waals surface area (Å²) < 4.78 is 0. The molecule has 0 unspecified atom stereocenters. The molecule has 0 aliphatic rings. The van der Waals surface area contributed by atoms with Crippen LogP contribution in [0.25, 0.3) is 0 Å². The fourth-order valence-electron chi connectivity index (χ4n) is 0.279. The fourth-order valence-corrected chi connectivity index (χ4v) is 0.279. The number of nitrogens with zero attached hydrogens (tertiary/aromatic N) is 1. The first-order valence-corrected chi connectivity index (χ1v) is 4.32. The third-order valence-corrected chi connectivity index (χ3v) is 0.631. The zero-order valence-electron chi connectivity index (χ0n) is 8.59. The molecule has 0 N–H and O–H groups in total. The summed E-state index contributed by atoms with van der Waals surface area (Å²) in [6.07, 6.45) is 1.99. The Labute approximate surface area is 70.6 Å². The van der Waals surface area contributed by atoms with Crippen LogP contribution in [-0.2, 0) is 4.84 Å². The van der Waals surface area contributed by atoms with Gasteiger partial charge in [0.2, 0.25) is 0 Å². The van der Waals surface area contributed by atoms with Crippen LogP contribution < -0.4 is 0 Å². The number of oxime groups is 1. The molecule has 0 bridgehead atoms. The molecule has 0 rings (SSSR count). The second kappa shape index (κ2) is 9.47. The molecular weight excluding hydrogens is 138 g/mol. The van der Waals surface area contributed by atoms with E-state index in [0.29, 0.717) is 5.92 Å². The van der Waals surface area contributed by atoms with Gasteiger partial charge in [-0.2, -0.15) is 0 Å². The van der Waals surface area contributed by atoms with Crippen molar-refractivity contribution in [1.82, 2.24) is 0 Å². The Kier molecular flexibility index (Phi) is 11.3. The van der Waals surface area contributed by atoms with Crippen molar-refractivity contribution >= 4 is 6.21 Å². The topological polar surface area (TPSA) is 21.6 Å². The SMILES string of the molecule is CC.CC(C)/C=N\OC(C)C. The Morgan fingerprint density at radius 2 is 1.55 bits per heavy atom. The van der Waals surface area contributed by atoms with Crippen molar-refractivity contribution in [3.8, 4) is 0 Å². The Hall–Kier alpha value is -0.530. The molecule has 0 radical (unpaired) electrons. The van der Waals surface area contributed by atoms with Crippen molar-refractivity contribution < 1.29 is 4.84 Å². The first-order chi connectivity index (χ1) is 5.13. The van der Waals surface area contributed by atoms with Crippen molar-refractivity contribution in [3.05, 3.63) is 0 Å². The Morgan fingerprint density at radius 1 is 1.09 bits per heavy atom. The molecular formula is C9H21NO. The molecule has 0 aliphatic heterocycles. The highest BCUT2D eigenvalue weighted by molar-refractivity contribution is 5.58. The average Bonchev–Trinajstić information content (AvgIpc) is 1.90. The zero-order valence-corrected chi connectivity index (χ0v) is 8.59. The minimum atomic E-state index is 0.194. The third-order valence-electron chi connectivity index (χ3n) is 0.631. The van der Waals surface area contributed by atoms with Gasteiger partial charge in [-0.1, -0.05) is 32.9 Å². The van der Waals surface area contributed by atoms with E-state index < -0.39 is 0 Å². The largest absolute Gasteiger partial charge is 0.393 e. The minimum Gasteiger partial charge on any atom is -0.393 e. The van der Waals surface area contributed by atoms with Gasteiger partial charge in [0.05, 0.1) is 0 Å². The lowest BCUT2D eigenvalue weighted by Gasteiger charge is -2.00. The van der Waals surface area contributed by atoms with E-state index in [1.54, 1.807) is 6.21 Å². The Balaban J connectivity index is 0. The molecule has 0 saturated heterocycles. The van der Waals surface area contributed by atoms with Crippen molar-refractivity contribution in [3.63, 3.8) is 0 Å². The van der Waals surface area contributed by atoms with E-state index in [1.165, 1.54) is 0 Å². The fraction of sp³-hybridized carbons (Fsp3) is 0.889. The summed E-state index contributed by atoms with van der Waals surface area (Å²) in [6.45, 7) is 12.0. The lowest BCUT2D eigenvalue weighted by molar-refractivity contribution is 0.0863. The van der Waals surface area contributed by atoms with Crippen LogP contribution in [0.1, 0.15) is 41.5 Å². The maximum atomic E-state index is 4.92. The summed E-state index contributed by atoms with van der Waals surface area (Å²) in [7, 11) is 0. The summed E-state index contributed by atoms with van der Waals surface area (Å²) in [5.74, 6) is 0.476. The van der Waals surface area contributed by atoms with Gasteiger partial charge in [-0.05, 0) is 19.8 Å². The smallest absolute Gasteiger partial charge is 0.121 e. The van der Waals surface area contributed by atoms with Gasteiger partial charge in [0.15, 0.2) is 0 Å². The van der Waals surface area contributed by atoms with Crippen molar-refractivity contribution in [2.24, 2.45) is 11.1 Å². The van der Waals surface area contributed by atoms with Gasteiger partial charge < -0.3 is 4.84 Å². The maximum Gasteiger partial charge on any atom is 0.121 e. The van der Waals surface area contributed by atoms with Crippen LogP contribution in [0.15, 0.2) is 5.16 Å². The minimum absolute atomic E-state index is 0.194. The van der Waals surface area contributed by atoms with Crippen molar-refractivity contribution in [2.75, 3.05) is 0 Å². The second-order valence-corrected chi connectivity index (χ2v) is 2.65. The van der Waals surface area contributed by atoms with Crippen LogP contribution in [0.5, 0.6) is 0 Å². The van der Waals surface area contributed by atoms with Gasteiger partial charge >= 0.3 is 0 Å². The number of hydrogen-bond acceptors (Lipinski definition) is 2. The van der Waals surface area contributed by atoms with Crippen LogP contribution in [-0.4, -0.2) is 12.3 Å². The number of rotatable bonds is 3. The van der Waals surface area contributed by atoms with Crippen LogP contribution in [0.2, 0.25) is 0 Å². The quantitative estimate of drug-likeness (QED) is 0.458. The predicted octanol–water partition coefficient (Wildman–Crippen LogP) is 3.08. The highest BCUT2D eigenvalue weighted by Gasteiger charge is 1.88. The Morgan fingerprint density at radius 3 is 1.82 bits per heavy atom. The molecule has 0 aromatic heterocycles. The lowest BCUT2D eigenvalue weighted by atomic mass is 10.3. The maximum absolute atomic E-state index is 4.92. The molecule has 68 valence electrons. The van der Waals surface area contributed by atoms with Gasteiger partial charge in [0.25, 0.3) is 0 Å². The van der Waals surface area contributed by atoms with Crippen LogP contribution in [0, 0.1) is 5.92 Å². The second-order valence-electron chi connectivity index (χ2n) is 2.65. The molecule has 2 nitrogen and oxygen atoms in total. The van der Waals surface area contributed by atoms with E-state index in [9.17, 15) is 0 Å². The highest BCUT2D eigenvalue weighted by atomic mass is 16.6. The third kappa shape index (κ3) is 17.7. The summed E-state index contributed by atoms with van der Waals surface area (Å²) >= 11 is 0. The summed E-state index contributed by atoms with van der Waals surface area (Å²) in [6, 6.07) is 0. The first kappa shape index (κ1) is 13.1. The molecule has 0 fully saturated rings. The summed E-state index contributed by atoms with van der Waals surface area (Å²) in [4.78, 5) is 4.92. The molecule has 0 spiro atoms. The molecule has 0 heterocycles. The van der Waals surface area contributed by atoms with E-state index in [0.717, 1.165) is 0 Å². The normalized spacial score (nSPS) is 10.2. The molecule has 0 aromatic rings. The molecule has 0 atom stereocenters. The standard InChI is InChI=1S/C7H15NO.C2H6/c1-6(2)5-8-9-7(3)4;1-2/h5-7H,1-4H3;1-2H3/b8-5-;. The monoisotopic (exact) mass is 159 g/mol. The first-order valence-electron chi connectivity index (χ1n) is 4.32. The van der Waals surface area contributed by atoms with Crippen LogP contribution >= 0.6 is 0 Å². The van der Waals surface area contributed by atoms with Gasteiger partial charge in [-0.25, -0.2) is 0 Å². The van der Waals surface area contributed by atoms with E-state index in [-0.39, 0.29) is 6.10 Å². The zero-order chi connectivity index (χ0) is 9.28. The van der Waals surface area contributed by atoms with Gasteiger partial charge in [-0.3, -0.25) is 0 Å². The van der Waals surface area contributed by atoms with Crippen molar-refractivity contribution in [2.45, 2.75) is 47.6 Å². The molecule has 2 heteroatoms. The van der Waals surface area contributed by atoms with E-state index in [4.69, 9.17) is 4.84 Å². The van der Waals surface area contributed by atoms with Gasteiger partial charge in [-0.15, -0.1) is 0 Å². The summed E-state index contributed by atoms with van der Waals surface area (Å²) in [5, 5.41) is 3.75. The number of hydrogen-bond donors (Lipinski definition) is 0. The van der Waals surface area contributed by atoms with Crippen LogP contribution in [0.3, 0.4) is 0 Å². The van der Waals surface area contributed by atoms with Crippen molar-refractivity contribution in [1.29, 1.82) is 0 Å². The average molecular weight is 159 g/mol. The van der Waals surface area contributed by atoms with Gasteiger partial charge in [0, 0.05) is 6.21 Å². The van der Waals surface area contributed by atoms with E-state index >= 15 is 0 Å². The van der Waals surface area contributed by atoms with Crippen LogP contribution in [0.4, 0.5) is 0 Å². The molecule has 0 aliphatic carbocycles. The van der Waals surface area contributed by atoms with Gasteiger partial charge in [0.1, 0.15) is 6.10 Å². The molecule has 0 saturated carbocycles. The lowest BCUT2D eigenvalue weighted by Crippen LogP contribution is -1.97. The predicted molar refractivity (Wildman–Crippen MR) is 50.9 cm³/mol. The van der Waals surface area contributed by atoms with E-state index in [1.807, 2.05) is 27.7 Å². The Bertz CT molecular complexity index is 87.6.